The quantitative estimate of drug-likeness (QED) is 0.337. The Kier molecular flexibility index (Phi) is 5.11. The maximum absolute atomic E-state index is 11.4. The van der Waals surface area contributed by atoms with E-state index >= 15 is 0 Å². The number of fused-ring (bicyclic) bond motifs is 2. The minimum absolute atomic E-state index is 0.154. The van der Waals surface area contributed by atoms with Crippen molar-refractivity contribution >= 4 is 27.8 Å². The second kappa shape index (κ2) is 7.85. The molecule has 0 atom stereocenters. The predicted octanol–water partition coefficient (Wildman–Crippen LogP) is 5.37. The van der Waals surface area contributed by atoms with Crippen molar-refractivity contribution in [2.24, 2.45) is 0 Å². The highest BCUT2D eigenvalue weighted by Crippen LogP contribution is 2.29. The molecule has 4 nitrogen and oxygen atoms in total. The molecule has 0 fully saturated rings. The van der Waals surface area contributed by atoms with Crippen LogP contribution in [0.15, 0.2) is 60.7 Å². The van der Waals surface area contributed by atoms with Crippen molar-refractivity contribution in [3.05, 3.63) is 72.1 Å². The van der Waals surface area contributed by atoms with Crippen LogP contribution in [-0.2, 0) is 16.0 Å². The van der Waals surface area contributed by atoms with Crippen molar-refractivity contribution < 1.29 is 9.53 Å². The van der Waals surface area contributed by atoms with Crippen LogP contribution in [0.4, 0.5) is 0 Å². The largest absolute Gasteiger partial charge is 0.469 e. The molecule has 0 aliphatic heterocycles. The average Bonchev–Trinajstić information content (AvgIpc) is 3.07. The molecule has 0 aliphatic rings. The van der Waals surface area contributed by atoms with Gasteiger partial charge < -0.3 is 4.74 Å². The predicted molar refractivity (Wildman–Crippen MR) is 113 cm³/mol. The van der Waals surface area contributed by atoms with E-state index in [1.165, 1.54) is 23.4 Å². The fraction of sp³-hybridized carbons (Fsp3) is 0.250. The Balaban J connectivity index is 1.78. The minimum Gasteiger partial charge on any atom is -0.469 e. The van der Waals surface area contributed by atoms with Crippen LogP contribution in [0.1, 0.15) is 30.7 Å². The summed E-state index contributed by atoms with van der Waals surface area (Å²) >= 11 is 0. The number of esters is 1. The van der Waals surface area contributed by atoms with E-state index in [-0.39, 0.29) is 5.97 Å². The third-order valence-electron chi connectivity index (χ3n) is 5.15. The zero-order valence-corrected chi connectivity index (χ0v) is 16.3. The summed E-state index contributed by atoms with van der Waals surface area (Å²) in [6.45, 7) is 2.09. The van der Waals surface area contributed by atoms with Gasteiger partial charge in [0.15, 0.2) is 0 Å². The summed E-state index contributed by atoms with van der Waals surface area (Å²) in [6, 6.07) is 21.2. The fourth-order valence-electron chi connectivity index (χ4n) is 3.73. The van der Waals surface area contributed by atoms with Crippen molar-refractivity contribution in [1.29, 1.82) is 0 Å². The third-order valence-corrected chi connectivity index (χ3v) is 5.15. The fourth-order valence-corrected chi connectivity index (χ4v) is 3.73. The number of carbonyl (C=O) groups excluding carboxylic acids is 1. The molecule has 0 radical (unpaired) electrons. The number of nitrogens with zero attached hydrogens (tertiary/aromatic N) is 2. The number of rotatable bonds is 6. The Morgan fingerprint density at radius 3 is 2.71 bits per heavy atom. The Morgan fingerprint density at radius 1 is 1.04 bits per heavy atom. The molecule has 0 N–H and O–H groups in total. The minimum atomic E-state index is -0.154. The number of benzene rings is 3. The molecule has 3 aromatic carbocycles. The number of hydrogen-bond donors (Lipinski definition) is 0. The first kappa shape index (κ1) is 18.2. The molecular weight excluding hydrogens is 348 g/mol. The second-order valence-electron chi connectivity index (χ2n) is 7.14. The van der Waals surface area contributed by atoms with Crippen molar-refractivity contribution in [2.75, 3.05) is 7.11 Å². The first-order valence-corrected chi connectivity index (χ1v) is 9.70. The number of methoxy groups -OCH3 is 1. The van der Waals surface area contributed by atoms with Gasteiger partial charge in [0.2, 0.25) is 0 Å². The van der Waals surface area contributed by atoms with Crippen LogP contribution in [0.2, 0.25) is 0 Å². The zero-order valence-electron chi connectivity index (χ0n) is 16.3. The number of aromatic nitrogens is 2. The number of ether oxygens (including phenoxy) is 1. The molecule has 4 aromatic rings. The standard InChI is InChI=1S/C24H24N2O2/c1-17-14-15-22-20(16-17)25-23(12-5-6-13-24(27)28-2)26(22)21-11-7-9-18-8-3-4-10-19(18)21/h3-4,7-11,14-16H,5-6,12-13H2,1-2H3. The molecule has 0 saturated heterocycles. The van der Waals surface area contributed by atoms with E-state index in [9.17, 15) is 4.79 Å². The molecule has 28 heavy (non-hydrogen) atoms. The molecule has 0 bridgehead atoms. The van der Waals surface area contributed by atoms with Crippen LogP contribution in [-0.4, -0.2) is 22.6 Å². The smallest absolute Gasteiger partial charge is 0.305 e. The molecule has 0 unspecified atom stereocenters. The van der Waals surface area contributed by atoms with E-state index in [0.29, 0.717) is 6.42 Å². The molecule has 4 heteroatoms. The van der Waals surface area contributed by atoms with Crippen LogP contribution in [0.5, 0.6) is 0 Å². The topological polar surface area (TPSA) is 44.1 Å². The lowest BCUT2D eigenvalue weighted by atomic mass is 10.1. The van der Waals surface area contributed by atoms with Crippen molar-refractivity contribution in [2.45, 2.75) is 32.6 Å². The zero-order chi connectivity index (χ0) is 19.5. The molecule has 1 aromatic heterocycles. The molecule has 0 amide bonds. The van der Waals surface area contributed by atoms with Gasteiger partial charge in [0.1, 0.15) is 5.82 Å². The number of imidazole rings is 1. The van der Waals surface area contributed by atoms with Gasteiger partial charge in [0, 0.05) is 18.2 Å². The Morgan fingerprint density at radius 2 is 1.86 bits per heavy atom. The number of hydrogen-bond acceptors (Lipinski definition) is 3. The van der Waals surface area contributed by atoms with Gasteiger partial charge in [-0.2, -0.15) is 0 Å². The lowest BCUT2D eigenvalue weighted by Crippen LogP contribution is -2.04. The first-order valence-electron chi connectivity index (χ1n) is 9.70. The lowest BCUT2D eigenvalue weighted by Gasteiger charge is -2.12. The Bertz CT molecular complexity index is 1140. The highest BCUT2D eigenvalue weighted by molar-refractivity contribution is 5.92. The van der Waals surface area contributed by atoms with Crippen molar-refractivity contribution in [3.63, 3.8) is 0 Å². The van der Waals surface area contributed by atoms with Crippen molar-refractivity contribution in [1.82, 2.24) is 9.55 Å². The average molecular weight is 372 g/mol. The Hall–Kier alpha value is -3.14. The summed E-state index contributed by atoms with van der Waals surface area (Å²) in [5, 5.41) is 2.42. The summed E-state index contributed by atoms with van der Waals surface area (Å²) in [5.74, 6) is 0.875. The number of unbranched alkanes of at least 4 members (excludes halogenated alkanes) is 1. The lowest BCUT2D eigenvalue weighted by molar-refractivity contribution is -0.140. The number of carbonyl (C=O) groups is 1. The van der Waals surface area contributed by atoms with E-state index in [4.69, 9.17) is 9.72 Å². The molecule has 0 saturated carbocycles. The van der Waals surface area contributed by atoms with Crippen LogP contribution in [0.3, 0.4) is 0 Å². The molecule has 0 aliphatic carbocycles. The van der Waals surface area contributed by atoms with Gasteiger partial charge in [-0.1, -0.05) is 42.5 Å². The summed E-state index contributed by atoms with van der Waals surface area (Å²) < 4.78 is 7.02. The van der Waals surface area contributed by atoms with E-state index in [0.717, 1.165) is 41.8 Å². The van der Waals surface area contributed by atoms with Gasteiger partial charge in [-0.25, -0.2) is 4.98 Å². The SMILES string of the molecule is COC(=O)CCCCc1nc2cc(C)ccc2n1-c1cccc2ccccc12. The summed E-state index contributed by atoms with van der Waals surface area (Å²) in [6.07, 6.45) is 2.95. The van der Waals surface area contributed by atoms with Gasteiger partial charge in [-0.3, -0.25) is 9.36 Å². The maximum atomic E-state index is 11.4. The molecular formula is C24H24N2O2. The van der Waals surface area contributed by atoms with Crippen molar-refractivity contribution in [3.8, 4) is 5.69 Å². The molecule has 0 spiro atoms. The van der Waals surface area contributed by atoms with Crippen LogP contribution >= 0.6 is 0 Å². The summed E-state index contributed by atoms with van der Waals surface area (Å²) in [4.78, 5) is 16.3. The second-order valence-corrected chi connectivity index (χ2v) is 7.14. The third kappa shape index (κ3) is 3.50. The highest BCUT2D eigenvalue weighted by Gasteiger charge is 2.14. The van der Waals surface area contributed by atoms with Gasteiger partial charge in [0.05, 0.1) is 23.8 Å². The molecule has 4 rings (SSSR count). The maximum Gasteiger partial charge on any atom is 0.305 e. The van der Waals surface area contributed by atoms with Crippen LogP contribution < -0.4 is 0 Å². The van der Waals surface area contributed by atoms with E-state index < -0.39 is 0 Å². The van der Waals surface area contributed by atoms with Gasteiger partial charge in [-0.15, -0.1) is 0 Å². The van der Waals surface area contributed by atoms with E-state index in [1.54, 1.807) is 0 Å². The monoisotopic (exact) mass is 372 g/mol. The van der Waals surface area contributed by atoms with E-state index in [1.807, 2.05) is 0 Å². The van der Waals surface area contributed by atoms with Gasteiger partial charge >= 0.3 is 5.97 Å². The van der Waals surface area contributed by atoms with Gasteiger partial charge in [0.25, 0.3) is 0 Å². The van der Waals surface area contributed by atoms with Gasteiger partial charge in [-0.05, 0) is 48.9 Å². The van der Waals surface area contributed by atoms with Crippen LogP contribution in [0, 0.1) is 6.92 Å². The van der Waals surface area contributed by atoms with E-state index in [2.05, 4.69) is 72.2 Å². The Labute approximate surface area is 164 Å². The summed E-state index contributed by atoms with van der Waals surface area (Å²) in [5.41, 5.74) is 4.47. The highest BCUT2D eigenvalue weighted by atomic mass is 16.5. The molecule has 142 valence electrons. The molecule has 1 heterocycles. The summed E-state index contributed by atoms with van der Waals surface area (Å²) in [7, 11) is 1.44. The number of aryl methyl sites for hydroxylation is 2. The normalized spacial score (nSPS) is 11.2. The van der Waals surface area contributed by atoms with Crippen LogP contribution in [0.25, 0.3) is 27.5 Å². The first-order chi connectivity index (χ1) is 13.7.